The molecule has 6 nitrogen and oxygen atoms in total. The summed E-state index contributed by atoms with van der Waals surface area (Å²) in [6.45, 7) is 3.37. The van der Waals surface area contributed by atoms with E-state index in [9.17, 15) is 4.79 Å². The fraction of sp³-hybridized carbons (Fsp3) is 0.500. The van der Waals surface area contributed by atoms with E-state index in [0.29, 0.717) is 18.9 Å². The van der Waals surface area contributed by atoms with Gasteiger partial charge < -0.3 is 21.1 Å². The van der Waals surface area contributed by atoms with Gasteiger partial charge in [0.1, 0.15) is 10.6 Å². The van der Waals surface area contributed by atoms with Crippen LogP contribution < -0.4 is 16.4 Å². The summed E-state index contributed by atoms with van der Waals surface area (Å²) in [5, 5.41) is 1.01. The first-order valence-corrected chi connectivity index (χ1v) is 8.80. The molecule has 0 atom stereocenters. The van der Waals surface area contributed by atoms with Gasteiger partial charge in [0.2, 0.25) is 5.91 Å². The number of hydrogen-bond acceptors (Lipinski definition) is 6. The smallest absolute Gasteiger partial charge is 0.222 e. The maximum atomic E-state index is 11.3. The minimum atomic E-state index is -0.361. The maximum absolute atomic E-state index is 11.3. The largest absolute Gasteiger partial charge is 0.397 e. The van der Waals surface area contributed by atoms with Gasteiger partial charge in [-0.05, 0) is 24.8 Å². The predicted octanol–water partition coefficient (Wildman–Crippen LogP) is 1.58. The number of carbonyl (C=O) groups is 1. The number of rotatable bonds is 3. The molecule has 0 radical (unpaired) electrons. The number of amides is 1. The van der Waals surface area contributed by atoms with Crippen LogP contribution in [0.1, 0.15) is 28.8 Å². The van der Waals surface area contributed by atoms with Crippen LogP contribution >= 0.6 is 11.3 Å². The fourth-order valence-corrected chi connectivity index (χ4v) is 4.68. The zero-order valence-corrected chi connectivity index (χ0v) is 13.7. The second kappa shape index (κ2) is 5.65. The Labute approximate surface area is 138 Å². The van der Waals surface area contributed by atoms with E-state index >= 15 is 0 Å². The molecule has 2 aliphatic rings. The predicted molar refractivity (Wildman–Crippen MR) is 91.7 cm³/mol. The van der Waals surface area contributed by atoms with Gasteiger partial charge in [0.15, 0.2) is 0 Å². The molecular formula is C16H20N4O2S. The summed E-state index contributed by atoms with van der Waals surface area (Å²) >= 11 is 1.49. The van der Waals surface area contributed by atoms with Crippen molar-refractivity contribution < 1.29 is 9.53 Å². The van der Waals surface area contributed by atoms with E-state index in [4.69, 9.17) is 21.2 Å². The van der Waals surface area contributed by atoms with Crippen molar-refractivity contribution in [2.45, 2.75) is 32.3 Å². The van der Waals surface area contributed by atoms with Crippen LogP contribution in [0.25, 0.3) is 10.2 Å². The number of nitrogens with two attached hydrogens (primary N) is 2. The number of ether oxygens (including phenoxy) is 1. The van der Waals surface area contributed by atoms with Crippen molar-refractivity contribution in [3.8, 4) is 0 Å². The molecule has 0 aliphatic carbocycles. The van der Waals surface area contributed by atoms with Gasteiger partial charge in [-0.2, -0.15) is 0 Å². The number of thiophene rings is 1. The van der Waals surface area contributed by atoms with Crippen LogP contribution in [0.2, 0.25) is 0 Å². The molecule has 4 heterocycles. The van der Waals surface area contributed by atoms with Crippen LogP contribution in [-0.2, 0) is 29.0 Å². The zero-order valence-electron chi connectivity index (χ0n) is 12.9. The van der Waals surface area contributed by atoms with E-state index in [-0.39, 0.29) is 12.3 Å². The molecule has 7 heteroatoms. The lowest BCUT2D eigenvalue weighted by Gasteiger charge is -2.25. The number of anilines is 2. The lowest BCUT2D eigenvalue weighted by atomic mass is 9.99. The van der Waals surface area contributed by atoms with Gasteiger partial charge in [0.25, 0.3) is 0 Å². The summed E-state index contributed by atoms with van der Waals surface area (Å²) in [6.07, 6.45) is 3.42. The van der Waals surface area contributed by atoms with Crippen molar-refractivity contribution >= 4 is 39.0 Å². The average Bonchev–Trinajstić information content (AvgIpc) is 3.15. The van der Waals surface area contributed by atoms with E-state index in [0.717, 1.165) is 40.4 Å². The molecule has 122 valence electrons. The molecule has 2 aliphatic heterocycles. The highest BCUT2D eigenvalue weighted by Gasteiger charge is 2.27. The first-order chi connectivity index (χ1) is 11.1. The second-order valence-corrected chi connectivity index (χ2v) is 7.24. The van der Waals surface area contributed by atoms with Gasteiger partial charge >= 0.3 is 0 Å². The van der Waals surface area contributed by atoms with Crippen molar-refractivity contribution in [1.29, 1.82) is 0 Å². The number of pyridine rings is 1. The highest BCUT2D eigenvalue weighted by Crippen LogP contribution is 2.41. The monoisotopic (exact) mass is 332 g/mol. The topological polar surface area (TPSA) is 94.5 Å². The van der Waals surface area contributed by atoms with E-state index in [1.807, 2.05) is 0 Å². The van der Waals surface area contributed by atoms with Crippen LogP contribution in [0.15, 0.2) is 0 Å². The number of carbonyl (C=O) groups excluding carboxylic acids is 1. The molecule has 0 saturated carbocycles. The minimum Gasteiger partial charge on any atom is -0.397 e. The third kappa shape index (κ3) is 2.44. The summed E-state index contributed by atoms with van der Waals surface area (Å²) in [5.41, 5.74) is 14.7. The lowest BCUT2D eigenvalue weighted by molar-refractivity contribution is -0.117. The quantitative estimate of drug-likeness (QED) is 0.890. The van der Waals surface area contributed by atoms with E-state index < -0.39 is 0 Å². The summed E-state index contributed by atoms with van der Waals surface area (Å²) in [4.78, 5) is 20.3. The van der Waals surface area contributed by atoms with Gasteiger partial charge in [0, 0.05) is 28.9 Å². The fourth-order valence-electron chi connectivity index (χ4n) is 3.55. The normalized spacial score (nSPS) is 17.7. The van der Waals surface area contributed by atoms with Gasteiger partial charge in [0.05, 0.1) is 25.3 Å². The number of hydrogen-bond donors (Lipinski definition) is 2. The molecule has 4 rings (SSSR count). The Bertz CT molecular complexity index is 780. The Kier molecular flexibility index (Phi) is 3.61. The lowest BCUT2D eigenvalue weighted by Crippen LogP contribution is -2.23. The molecule has 0 bridgehead atoms. The maximum Gasteiger partial charge on any atom is 0.222 e. The van der Waals surface area contributed by atoms with Crippen molar-refractivity contribution in [3.05, 3.63) is 16.0 Å². The Hall–Kier alpha value is -1.86. The Morgan fingerprint density at radius 3 is 2.83 bits per heavy atom. The van der Waals surface area contributed by atoms with Crippen LogP contribution in [-0.4, -0.2) is 30.6 Å². The van der Waals surface area contributed by atoms with E-state index in [1.165, 1.54) is 35.3 Å². The standard InChI is InChI=1S/C16H20N4O2S/c17-12(21)7-11-14(18)13-9-3-6-22-8-10(9)15(19-16(13)23-11)20-4-1-2-5-20/h1-8,18H2,(H2,17,21). The Balaban J connectivity index is 1.92. The molecule has 2 aromatic rings. The first-order valence-electron chi connectivity index (χ1n) is 7.98. The number of nitrogen functional groups attached to an aromatic ring is 1. The average molecular weight is 332 g/mol. The molecule has 1 fully saturated rings. The molecule has 1 saturated heterocycles. The molecule has 1 amide bonds. The number of fused-ring (bicyclic) bond motifs is 3. The number of aromatic nitrogens is 1. The van der Waals surface area contributed by atoms with E-state index in [2.05, 4.69) is 4.90 Å². The molecule has 2 aromatic heterocycles. The molecule has 23 heavy (non-hydrogen) atoms. The zero-order chi connectivity index (χ0) is 16.0. The minimum absolute atomic E-state index is 0.178. The van der Waals surface area contributed by atoms with Crippen molar-refractivity contribution in [3.63, 3.8) is 0 Å². The van der Waals surface area contributed by atoms with Crippen LogP contribution in [0.4, 0.5) is 11.5 Å². The highest BCUT2D eigenvalue weighted by atomic mass is 32.1. The summed E-state index contributed by atoms with van der Waals surface area (Å²) in [5.74, 6) is 0.678. The SMILES string of the molecule is NC(=O)Cc1sc2nc(N3CCCC3)c3c(c2c1N)CCOC3. The van der Waals surface area contributed by atoms with Crippen LogP contribution in [0, 0.1) is 0 Å². The number of primary amides is 1. The molecule has 4 N–H and O–H groups in total. The third-order valence-electron chi connectivity index (χ3n) is 4.63. The molecule has 0 aromatic carbocycles. The number of nitrogens with zero attached hydrogens (tertiary/aromatic N) is 2. The van der Waals surface area contributed by atoms with Crippen molar-refractivity contribution in [1.82, 2.24) is 4.98 Å². The molecular weight excluding hydrogens is 312 g/mol. The summed E-state index contributed by atoms with van der Waals surface area (Å²) in [7, 11) is 0. The Morgan fingerprint density at radius 1 is 1.30 bits per heavy atom. The summed E-state index contributed by atoms with van der Waals surface area (Å²) in [6, 6.07) is 0. The summed E-state index contributed by atoms with van der Waals surface area (Å²) < 4.78 is 5.68. The van der Waals surface area contributed by atoms with Gasteiger partial charge in [-0.1, -0.05) is 0 Å². The highest BCUT2D eigenvalue weighted by molar-refractivity contribution is 7.19. The third-order valence-corrected chi connectivity index (χ3v) is 5.73. The first kappa shape index (κ1) is 14.7. The van der Waals surface area contributed by atoms with Gasteiger partial charge in [-0.3, -0.25) is 4.79 Å². The van der Waals surface area contributed by atoms with Gasteiger partial charge in [-0.15, -0.1) is 11.3 Å². The van der Waals surface area contributed by atoms with Crippen molar-refractivity contribution in [2.75, 3.05) is 30.3 Å². The second-order valence-electron chi connectivity index (χ2n) is 6.15. The van der Waals surface area contributed by atoms with E-state index in [1.54, 1.807) is 0 Å². The van der Waals surface area contributed by atoms with Crippen molar-refractivity contribution in [2.24, 2.45) is 5.73 Å². The molecule has 0 spiro atoms. The van der Waals surface area contributed by atoms with Gasteiger partial charge in [-0.25, -0.2) is 4.98 Å². The van der Waals surface area contributed by atoms with Crippen LogP contribution in [0.3, 0.4) is 0 Å². The van der Waals surface area contributed by atoms with Crippen LogP contribution in [0.5, 0.6) is 0 Å². The Morgan fingerprint density at radius 2 is 2.09 bits per heavy atom. The molecule has 0 unspecified atom stereocenters.